The summed E-state index contributed by atoms with van der Waals surface area (Å²) >= 11 is 8.83. The third-order valence-electron chi connectivity index (χ3n) is 0.798. The molecular formula is C3H7O2PS2. The Bertz CT molecular complexity index is 116. The van der Waals surface area contributed by atoms with Gasteiger partial charge in [-0.05, 0) is 18.2 Å². The fourth-order valence-corrected chi connectivity index (χ4v) is 2.19. The first-order chi connectivity index (χ1) is 3.71. The van der Waals surface area contributed by atoms with E-state index in [-0.39, 0.29) is 0 Å². The summed E-state index contributed by atoms with van der Waals surface area (Å²) in [5.41, 5.74) is -2.06. The summed E-state index contributed by atoms with van der Waals surface area (Å²) in [6.45, 7) is 1.42. The molecule has 0 unspecified atom stereocenters. The van der Waals surface area contributed by atoms with Crippen LogP contribution in [0.4, 0.5) is 0 Å². The second-order valence-electron chi connectivity index (χ2n) is 1.49. The highest BCUT2D eigenvalue weighted by Crippen LogP contribution is 2.55. The topological polar surface area (TPSA) is 18.5 Å². The van der Waals surface area contributed by atoms with E-state index in [1.165, 1.54) is 0 Å². The van der Waals surface area contributed by atoms with Crippen molar-refractivity contribution in [1.82, 2.24) is 0 Å². The van der Waals surface area contributed by atoms with Gasteiger partial charge in [-0.1, -0.05) is 12.2 Å². The highest BCUT2D eigenvalue weighted by Gasteiger charge is 2.16. The minimum absolute atomic E-state index is 0.709. The van der Waals surface area contributed by atoms with Crippen LogP contribution >= 0.6 is 17.9 Å². The Morgan fingerprint density at radius 3 is 2.12 bits per heavy atom. The molecule has 1 aliphatic heterocycles. The van der Waals surface area contributed by atoms with Crippen LogP contribution in [-0.4, -0.2) is 13.2 Å². The average molecular weight is 170 g/mol. The average Bonchev–Trinajstić information content (AvgIpc) is 1.65. The van der Waals surface area contributed by atoms with Gasteiger partial charge in [0, 0.05) is 0 Å². The molecule has 2 nitrogen and oxygen atoms in total. The zero-order valence-corrected chi connectivity index (χ0v) is 6.85. The molecule has 0 spiro atoms. The fourth-order valence-electron chi connectivity index (χ4n) is 0.456. The normalized spacial score (nSPS) is 27.6. The van der Waals surface area contributed by atoms with Gasteiger partial charge in [-0.2, -0.15) is 0 Å². The molecule has 5 heteroatoms. The van der Waals surface area contributed by atoms with Gasteiger partial charge in [-0.25, -0.2) is 0 Å². The lowest BCUT2D eigenvalue weighted by molar-refractivity contribution is 0.191. The van der Waals surface area contributed by atoms with Crippen LogP contribution in [0.3, 0.4) is 0 Å². The second-order valence-corrected chi connectivity index (χ2v) is 6.78. The summed E-state index contributed by atoms with van der Waals surface area (Å²) in [7, 11) is 0. The Morgan fingerprint density at radius 2 is 1.88 bits per heavy atom. The van der Waals surface area contributed by atoms with Crippen molar-refractivity contribution in [3.8, 4) is 0 Å². The predicted molar refractivity (Wildman–Crippen MR) is 39.8 cm³/mol. The quantitative estimate of drug-likeness (QED) is 0.440. The molecule has 1 fully saturated rings. The number of thiol groups is 1. The van der Waals surface area contributed by atoms with Crippen LogP contribution in [0.1, 0.15) is 6.42 Å². The van der Waals surface area contributed by atoms with Gasteiger partial charge in [-0.15, -0.1) is 0 Å². The Hall–Kier alpha value is 0.920. The molecule has 0 radical (unpaired) electrons. The van der Waals surface area contributed by atoms with Crippen LogP contribution in [0.15, 0.2) is 0 Å². The van der Waals surface area contributed by atoms with Crippen LogP contribution in [0.5, 0.6) is 0 Å². The molecular weight excluding hydrogens is 163 g/mol. The first kappa shape index (κ1) is 7.03. The molecule has 1 aliphatic rings. The van der Waals surface area contributed by atoms with Gasteiger partial charge >= 0.3 is 0 Å². The highest BCUT2D eigenvalue weighted by atomic mass is 32.9. The van der Waals surface area contributed by atoms with Crippen molar-refractivity contribution in [1.29, 1.82) is 0 Å². The van der Waals surface area contributed by atoms with E-state index in [2.05, 4.69) is 12.2 Å². The van der Waals surface area contributed by atoms with Gasteiger partial charge in [0.05, 0.1) is 13.2 Å². The minimum atomic E-state index is -2.06. The maximum absolute atomic E-state index is 5.03. The predicted octanol–water partition coefficient (Wildman–Crippen LogP) is 1.58. The van der Waals surface area contributed by atoms with Gasteiger partial charge in [0.2, 0.25) is 5.69 Å². The monoisotopic (exact) mass is 170 g/mol. The molecule has 8 heavy (non-hydrogen) atoms. The lowest BCUT2D eigenvalue weighted by Crippen LogP contribution is -2.04. The van der Waals surface area contributed by atoms with Crippen LogP contribution in [0, 0.1) is 0 Å². The molecule has 0 bridgehead atoms. The summed E-state index contributed by atoms with van der Waals surface area (Å²) < 4.78 is 10.1. The van der Waals surface area contributed by atoms with E-state index < -0.39 is 5.69 Å². The van der Waals surface area contributed by atoms with E-state index in [4.69, 9.17) is 20.9 Å². The second kappa shape index (κ2) is 2.67. The zero-order chi connectivity index (χ0) is 6.04. The molecule has 1 rings (SSSR count). The molecule has 1 saturated heterocycles. The molecule has 0 atom stereocenters. The van der Waals surface area contributed by atoms with Gasteiger partial charge in [0.25, 0.3) is 0 Å². The van der Waals surface area contributed by atoms with Crippen molar-refractivity contribution in [3.05, 3.63) is 0 Å². The molecule has 0 aromatic carbocycles. The highest BCUT2D eigenvalue weighted by molar-refractivity contribution is 8.60. The molecule has 1 heterocycles. The Labute approximate surface area is 58.9 Å². The molecule has 0 aromatic heterocycles. The number of hydrogen-bond acceptors (Lipinski definition) is 3. The standard InChI is InChI=1S/C3H7O2PS2/c7-6(8)4-2-1-3-5-6/h1-3H2,(H,7,8). The zero-order valence-electron chi connectivity index (χ0n) is 4.24. The van der Waals surface area contributed by atoms with Crippen molar-refractivity contribution in [2.45, 2.75) is 6.42 Å². The molecule has 0 amide bonds. The summed E-state index contributed by atoms with van der Waals surface area (Å²) in [5.74, 6) is 0. The summed E-state index contributed by atoms with van der Waals surface area (Å²) in [4.78, 5) is 0. The van der Waals surface area contributed by atoms with E-state index in [1.54, 1.807) is 0 Å². The molecule has 0 N–H and O–H groups in total. The third kappa shape index (κ3) is 2.03. The Kier molecular flexibility index (Phi) is 2.35. The Balaban J connectivity index is 2.45. The first-order valence-corrected chi connectivity index (χ1v) is 6.12. The van der Waals surface area contributed by atoms with Gasteiger partial charge in [0.15, 0.2) is 0 Å². The smallest absolute Gasteiger partial charge is 0.244 e. The SMILES string of the molecule is S=P1(S)OCCCO1. The van der Waals surface area contributed by atoms with Gasteiger partial charge in [0.1, 0.15) is 0 Å². The lowest BCUT2D eigenvalue weighted by atomic mass is 10.5. The van der Waals surface area contributed by atoms with Crippen molar-refractivity contribution in [2.75, 3.05) is 13.2 Å². The van der Waals surface area contributed by atoms with Crippen molar-refractivity contribution >= 4 is 29.7 Å². The Morgan fingerprint density at radius 1 is 1.38 bits per heavy atom. The molecule has 0 aromatic rings. The summed E-state index contributed by atoms with van der Waals surface area (Å²) in [6.07, 6.45) is 0.943. The van der Waals surface area contributed by atoms with E-state index in [1.807, 2.05) is 0 Å². The van der Waals surface area contributed by atoms with E-state index in [0.717, 1.165) is 6.42 Å². The van der Waals surface area contributed by atoms with Gasteiger partial charge in [-0.3, -0.25) is 0 Å². The summed E-state index contributed by atoms with van der Waals surface area (Å²) in [5, 5.41) is 0. The third-order valence-corrected chi connectivity index (χ3v) is 3.14. The number of hydrogen-bond donors (Lipinski definition) is 1. The van der Waals surface area contributed by atoms with E-state index >= 15 is 0 Å². The van der Waals surface area contributed by atoms with Crippen molar-refractivity contribution < 1.29 is 9.05 Å². The number of rotatable bonds is 0. The van der Waals surface area contributed by atoms with Crippen LogP contribution < -0.4 is 0 Å². The first-order valence-electron chi connectivity index (χ1n) is 2.33. The van der Waals surface area contributed by atoms with Crippen molar-refractivity contribution in [2.24, 2.45) is 0 Å². The van der Waals surface area contributed by atoms with E-state index in [9.17, 15) is 0 Å². The summed E-state index contributed by atoms with van der Waals surface area (Å²) in [6, 6.07) is 0. The molecule has 48 valence electrons. The van der Waals surface area contributed by atoms with Crippen LogP contribution in [-0.2, 0) is 20.9 Å². The van der Waals surface area contributed by atoms with E-state index in [0.29, 0.717) is 13.2 Å². The molecule has 0 aliphatic carbocycles. The fraction of sp³-hybridized carbons (Fsp3) is 1.00. The minimum Gasteiger partial charge on any atom is -0.322 e. The largest absolute Gasteiger partial charge is 0.322 e. The lowest BCUT2D eigenvalue weighted by Gasteiger charge is -2.20. The molecule has 0 saturated carbocycles. The maximum Gasteiger partial charge on any atom is 0.244 e. The van der Waals surface area contributed by atoms with Crippen LogP contribution in [0.25, 0.3) is 0 Å². The maximum atomic E-state index is 5.03. The van der Waals surface area contributed by atoms with Crippen LogP contribution in [0.2, 0.25) is 0 Å². The van der Waals surface area contributed by atoms with Gasteiger partial charge < -0.3 is 9.05 Å². The van der Waals surface area contributed by atoms with Crippen molar-refractivity contribution in [3.63, 3.8) is 0 Å².